The van der Waals surface area contributed by atoms with Gasteiger partial charge in [0.2, 0.25) is 5.65 Å². The monoisotopic (exact) mass is 282 g/mol. The molecule has 100 valence electrons. The lowest BCUT2D eigenvalue weighted by Gasteiger charge is -2.00. The molecule has 0 aliphatic heterocycles. The summed E-state index contributed by atoms with van der Waals surface area (Å²) in [5.74, 6) is -0.461. The number of nitro groups is 1. The van der Waals surface area contributed by atoms with E-state index in [-0.39, 0.29) is 17.5 Å². The van der Waals surface area contributed by atoms with Crippen LogP contribution in [0, 0.1) is 10.1 Å². The van der Waals surface area contributed by atoms with E-state index in [1.165, 1.54) is 0 Å². The van der Waals surface area contributed by atoms with Crippen LogP contribution in [-0.4, -0.2) is 37.9 Å². The Morgan fingerprint density at radius 2 is 2.37 bits per heavy atom. The van der Waals surface area contributed by atoms with E-state index >= 15 is 0 Å². The maximum Gasteiger partial charge on any atom is 0.368 e. The Bertz CT molecular complexity index is 627. The van der Waals surface area contributed by atoms with E-state index in [1.807, 2.05) is 0 Å². The smallest absolute Gasteiger partial charge is 0.368 e. The fourth-order valence-corrected chi connectivity index (χ4v) is 2.03. The van der Waals surface area contributed by atoms with Crippen molar-refractivity contribution in [2.75, 3.05) is 12.4 Å². The highest BCUT2D eigenvalue weighted by Crippen LogP contribution is 2.19. The SMILES string of the molecule is CCOC(=O)CSc1ccc2ncc([N+](=O)[O-])n2n1. The van der Waals surface area contributed by atoms with E-state index < -0.39 is 4.92 Å². The van der Waals surface area contributed by atoms with Crippen LogP contribution >= 0.6 is 11.8 Å². The standard InChI is InChI=1S/C10H10N4O4S/c1-2-18-10(15)6-19-8-4-3-7-11-5-9(14(16)17)13(7)12-8/h3-5H,2,6H2,1H3. The number of imidazole rings is 1. The van der Waals surface area contributed by atoms with E-state index in [4.69, 9.17) is 4.74 Å². The maximum absolute atomic E-state index is 11.2. The van der Waals surface area contributed by atoms with Gasteiger partial charge in [0.25, 0.3) is 0 Å². The summed E-state index contributed by atoms with van der Waals surface area (Å²) in [6.45, 7) is 2.04. The number of fused-ring (bicyclic) bond motifs is 1. The first kappa shape index (κ1) is 13.3. The Morgan fingerprint density at radius 3 is 3.05 bits per heavy atom. The van der Waals surface area contributed by atoms with Crippen LogP contribution < -0.4 is 0 Å². The molecule has 0 bridgehead atoms. The highest BCUT2D eigenvalue weighted by molar-refractivity contribution is 7.99. The van der Waals surface area contributed by atoms with Crippen molar-refractivity contribution in [1.29, 1.82) is 0 Å². The highest BCUT2D eigenvalue weighted by Gasteiger charge is 2.16. The molecule has 0 amide bonds. The van der Waals surface area contributed by atoms with Crippen LogP contribution in [0.4, 0.5) is 5.82 Å². The summed E-state index contributed by atoms with van der Waals surface area (Å²) >= 11 is 1.15. The number of esters is 1. The first-order valence-electron chi connectivity index (χ1n) is 5.39. The zero-order valence-electron chi connectivity index (χ0n) is 9.98. The van der Waals surface area contributed by atoms with Crippen molar-refractivity contribution in [1.82, 2.24) is 14.6 Å². The molecular formula is C10H10N4O4S. The minimum absolute atomic E-state index is 0.106. The number of ether oxygens (including phenoxy) is 1. The molecule has 8 nitrogen and oxygen atoms in total. The second kappa shape index (κ2) is 5.65. The van der Waals surface area contributed by atoms with Gasteiger partial charge in [0, 0.05) is 6.07 Å². The van der Waals surface area contributed by atoms with Gasteiger partial charge in [0.05, 0.1) is 12.4 Å². The molecule has 0 aliphatic carbocycles. The van der Waals surface area contributed by atoms with Crippen molar-refractivity contribution < 1.29 is 14.5 Å². The normalized spacial score (nSPS) is 10.6. The third-order valence-corrected chi connectivity index (χ3v) is 3.04. The summed E-state index contributed by atoms with van der Waals surface area (Å²) in [4.78, 5) is 25.3. The molecule has 2 aromatic heterocycles. The van der Waals surface area contributed by atoms with Gasteiger partial charge in [0.1, 0.15) is 11.2 Å². The number of aromatic nitrogens is 3. The number of hydrogen-bond donors (Lipinski definition) is 0. The van der Waals surface area contributed by atoms with Crippen LogP contribution in [0.25, 0.3) is 5.65 Å². The Balaban J connectivity index is 2.18. The second-order valence-electron chi connectivity index (χ2n) is 3.41. The van der Waals surface area contributed by atoms with Gasteiger partial charge < -0.3 is 14.9 Å². The summed E-state index contributed by atoms with van der Waals surface area (Å²) in [7, 11) is 0. The third kappa shape index (κ3) is 2.99. The second-order valence-corrected chi connectivity index (χ2v) is 4.40. The molecule has 0 fully saturated rings. The molecule has 0 spiro atoms. The van der Waals surface area contributed by atoms with Crippen LogP contribution in [0.3, 0.4) is 0 Å². The van der Waals surface area contributed by atoms with Crippen LogP contribution in [0.15, 0.2) is 23.4 Å². The molecule has 9 heteroatoms. The quantitative estimate of drug-likeness (QED) is 0.352. The minimum Gasteiger partial charge on any atom is -0.465 e. The van der Waals surface area contributed by atoms with E-state index in [0.717, 1.165) is 22.5 Å². The molecule has 0 saturated heterocycles. The average molecular weight is 282 g/mol. The Morgan fingerprint density at radius 1 is 1.58 bits per heavy atom. The number of carbonyl (C=O) groups excluding carboxylic acids is 1. The molecule has 19 heavy (non-hydrogen) atoms. The molecule has 0 aliphatic rings. The molecule has 0 aromatic carbocycles. The van der Waals surface area contributed by atoms with E-state index in [0.29, 0.717) is 17.3 Å². The molecule has 0 N–H and O–H groups in total. The Labute approximate surface area is 111 Å². The lowest BCUT2D eigenvalue weighted by molar-refractivity contribution is -0.391. The largest absolute Gasteiger partial charge is 0.465 e. The Kier molecular flexibility index (Phi) is 3.95. The third-order valence-electron chi connectivity index (χ3n) is 2.15. The molecule has 0 atom stereocenters. The van der Waals surface area contributed by atoms with Crippen molar-refractivity contribution in [2.45, 2.75) is 11.9 Å². The van der Waals surface area contributed by atoms with Gasteiger partial charge in [-0.2, -0.15) is 0 Å². The molecule has 2 heterocycles. The zero-order valence-corrected chi connectivity index (χ0v) is 10.8. The van der Waals surface area contributed by atoms with Crippen LogP contribution in [0.5, 0.6) is 0 Å². The molecule has 0 saturated carbocycles. The van der Waals surface area contributed by atoms with Gasteiger partial charge in [-0.1, -0.05) is 21.4 Å². The molecule has 2 rings (SSSR count). The van der Waals surface area contributed by atoms with E-state index in [1.54, 1.807) is 19.1 Å². The number of rotatable bonds is 5. The summed E-state index contributed by atoms with van der Waals surface area (Å²) in [6, 6.07) is 3.25. The van der Waals surface area contributed by atoms with Crippen LogP contribution in [0.2, 0.25) is 0 Å². The maximum atomic E-state index is 11.2. The predicted molar refractivity (Wildman–Crippen MR) is 67.0 cm³/mol. The molecule has 2 aromatic rings. The predicted octanol–water partition coefficient (Wildman–Crippen LogP) is 1.29. The van der Waals surface area contributed by atoms with Gasteiger partial charge in [-0.05, 0) is 17.9 Å². The number of carbonyl (C=O) groups is 1. The van der Waals surface area contributed by atoms with Gasteiger partial charge in [-0.3, -0.25) is 4.79 Å². The first-order valence-corrected chi connectivity index (χ1v) is 6.38. The topological polar surface area (TPSA) is 99.6 Å². The van der Waals surface area contributed by atoms with E-state index in [9.17, 15) is 14.9 Å². The van der Waals surface area contributed by atoms with Crippen LogP contribution in [0.1, 0.15) is 6.92 Å². The average Bonchev–Trinajstić information content (AvgIpc) is 2.79. The lowest BCUT2D eigenvalue weighted by atomic mass is 10.6. The minimum atomic E-state index is -0.563. The zero-order chi connectivity index (χ0) is 13.8. The summed E-state index contributed by atoms with van der Waals surface area (Å²) in [5, 5.41) is 15.3. The van der Waals surface area contributed by atoms with Gasteiger partial charge in [0.15, 0.2) is 0 Å². The lowest BCUT2D eigenvalue weighted by Crippen LogP contribution is -2.07. The van der Waals surface area contributed by atoms with Crippen molar-refractivity contribution >= 4 is 29.2 Å². The van der Waals surface area contributed by atoms with Crippen molar-refractivity contribution in [3.05, 3.63) is 28.4 Å². The van der Waals surface area contributed by atoms with Gasteiger partial charge >= 0.3 is 11.8 Å². The highest BCUT2D eigenvalue weighted by atomic mass is 32.2. The summed E-state index contributed by atoms with van der Waals surface area (Å²) < 4.78 is 5.92. The van der Waals surface area contributed by atoms with E-state index in [2.05, 4.69) is 10.1 Å². The molecule has 0 radical (unpaired) electrons. The van der Waals surface area contributed by atoms with Crippen LogP contribution in [-0.2, 0) is 9.53 Å². The van der Waals surface area contributed by atoms with Crippen molar-refractivity contribution in [3.63, 3.8) is 0 Å². The van der Waals surface area contributed by atoms with Gasteiger partial charge in [-0.25, -0.2) is 4.98 Å². The fourth-order valence-electron chi connectivity index (χ4n) is 1.38. The number of nitrogens with zero attached hydrogens (tertiary/aromatic N) is 4. The fraction of sp³-hybridized carbons (Fsp3) is 0.300. The van der Waals surface area contributed by atoms with Crippen molar-refractivity contribution in [3.8, 4) is 0 Å². The molecule has 0 unspecified atom stereocenters. The van der Waals surface area contributed by atoms with Crippen molar-refractivity contribution in [2.24, 2.45) is 0 Å². The summed E-state index contributed by atoms with van der Waals surface area (Å²) in [6.07, 6.45) is 1.14. The Hall–Kier alpha value is -2.16. The summed E-state index contributed by atoms with van der Waals surface area (Å²) in [5.41, 5.74) is 0.382. The molecular weight excluding hydrogens is 272 g/mol. The number of thioether (sulfide) groups is 1. The number of hydrogen-bond acceptors (Lipinski definition) is 7. The van der Waals surface area contributed by atoms with Gasteiger partial charge in [-0.15, -0.1) is 0 Å². The first-order chi connectivity index (χ1) is 9.11.